The van der Waals surface area contributed by atoms with Crippen LogP contribution in [0.1, 0.15) is 16.7 Å². The van der Waals surface area contributed by atoms with Gasteiger partial charge in [-0.15, -0.1) is 0 Å². The van der Waals surface area contributed by atoms with Crippen molar-refractivity contribution in [3.05, 3.63) is 56.5 Å². The minimum absolute atomic E-state index is 0.497. The summed E-state index contributed by atoms with van der Waals surface area (Å²) in [6.07, 6.45) is 0. The Hall–Kier alpha value is -1.50. The molecule has 0 amide bonds. The SMILES string of the molecule is Cc1cc(Cl)cc(C)c1Oc1cc(Br)ccc1C#N. The summed E-state index contributed by atoms with van der Waals surface area (Å²) in [5.74, 6) is 1.27. The van der Waals surface area contributed by atoms with Gasteiger partial charge in [0.25, 0.3) is 0 Å². The summed E-state index contributed by atoms with van der Waals surface area (Å²) >= 11 is 9.37. The molecule has 0 bridgehead atoms. The van der Waals surface area contributed by atoms with Gasteiger partial charge in [0.05, 0.1) is 5.56 Å². The van der Waals surface area contributed by atoms with Gasteiger partial charge in [-0.1, -0.05) is 27.5 Å². The molecule has 0 fully saturated rings. The normalized spacial score (nSPS) is 10.1. The minimum atomic E-state index is 0.497. The van der Waals surface area contributed by atoms with E-state index in [0.717, 1.165) is 21.3 Å². The Bertz CT molecular complexity index is 653. The molecule has 96 valence electrons. The van der Waals surface area contributed by atoms with Gasteiger partial charge in [-0.3, -0.25) is 0 Å². The van der Waals surface area contributed by atoms with E-state index in [9.17, 15) is 0 Å². The van der Waals surface area contributed by atoms with Gasteiger partial charge in [0.1, 0.15) is 17.6 Å². The van der Waals surface area contributed by atoms with E-state index in [0.29, 0.717) is 16.3 Å². The molecule has 0 atom stereocenters. The fourth-order valence-electron chi connectivity index (χ4n) is 1.84. The average Bonchev–Trinajstić information content (AvgIpc) is 2.34. The molecule has 2 rings (SSSR count). The third kappa shape index (κ3) is 3.09. The second kappa shape index (κ2) is 5.64. The molecular formula is C15H11BrClNO. The summed E-state index contributed by atoms with van der Waals surface area (Å²) in [6.45, 7) is 3.86. The highest BCUT2D eigenvalue weighted by atomic mass is 79.9. The van der Waals surface area contributed by atoms with Crippen molar-refractivity contribution >= 4 is 27.5 Å². The number of hydrogen-bond acceptors (Lipinski definition) is 2. The van der Waals surface area contributed by atoms with Crippen molar-refractivity contribution in [3.8, 4) is 17.6 Å². The Morgan fingerprint density at radius 3 is 2.37 bits per heavy atom. The first-order valence-electron chi connectivity index (χ1n) is 5.65. The second-order valence-corrected chi connectivity index (χ2v) is 5.58. The average molecular weight is 337 g/mol. The summed E-state index contributed by atoms with van der Waals surface area (Å²) in [7, 11) is 0. The number of rotatable bonds is 2. The molecule has 0 heterocycles. The first kappa shape index (κ1) is 13.9. The topological polar surface area (TPSA) is 33.0 Å². The molecule has 0 aliphatic carbocycles. The lowest BCUT2D eigenvalue weighted by molar-refractivity contribution is 0.473. The van der Waals surface area contributed by atoms with E-state index in [4.69, 9.17) is 21.6 Å². The summed E-state index contributed by atoms with van der Waals surface area (Å²) in [6, 6.07) is 11.1. The highest BCUT2D eigenvalue weighted by Crippen LogP contribution is 2.34. The van der Waals surface area contributed by atoms with Crippen LogP contribution in [0.15, 0.2) is 34.8 Å². The highest BCUT2D eigenvalue weighted by Gasteiger charge is 2.10. The van der Waals surface area contributed by atoms with Gasteiger partial charge in [-0.05, 0) is 55.3 Å². The van der Waals surface area contributed by atoms with Crippen LogP contribution in [-0.4, -0.2) is 0 Å². The van der Waals surface area contributed by atoms with Gasteiger partial charge in [-0.2, -0.15) is 5.26 Å². The highest BCUT2D eigenvalue weighted by molar-refractivity contribution is 9.10. The number of aryl methyl sites for hydroxylation is 2. The lowest BCUT2D eigenvalue weighted by Crippen LogP contribution is -1.93. The van der Waals surface area contributed by atoms with Gasteiger partial charge in [0.2, 0.25) is 0 Å². The maximum absolute atomic E-state index is 9.10. The number of ether oxygens (including phenoxy) is 1. The van der Waals surface area contributed by atoms with Gasteiger partial charge in [0.15, 0.2) is 0 Å². The Morgan fingerprint density at radius 2 is 1.79 bits per heavy atom. The molecular weight excluding hydrogens is 326 g/mol. The van der Waals surface area contributed by atoms with E-state index in [1.807, 2.05) is 32.0 Å². The summed E-state index contributed by atoms with van der Waals surface area (Å²) < 4.78 is 6.75. The molecule has 0 N–H and O–H groups in total. The third-order valence-electron chi connectivity index (χ3n) is 2.70. The summed E-state index contributed by atoms with van der Waals surface area (Å²) in [5.41, 5.74) is 2.37. The van der Waals surface area contributed by atoms with E-state index in [1.165, 1.54) is 0 Å². The summed E-state index contributed by atoms with van der Waals surface area (Å²) in [5, 5.41) is 9.78. The minimum Gasteiger partial charge on any atom is -0.455 e. The Balaban J connectivity index is 2.48. The smallest absolute Gasteiger partial charge is 0.146 e. The van der Waals surface area contributed by atoms with Crippen molar-refractivity contribution in [3.63, 3.8) is 0 Å². The van der Waals surface area contributed by atoms with Crippen LogP contribution in [0.3, 0.4) is 0 Å². The number of nitrogens with zero attached hydrogens (tertiary/aromatic N) is 1. The predicted molar refractivity (Wildman–Crippen MR) is 79.9 cm³/mol. The number of benzene rings is 2. The van der Waals surface area contributed by atoms with Crippen LogP contribution < -0.4 is 4.74 Å². The van der Waals surface area contributed by atoms with Crippen LogP contribution in [0.25, 0.3) is 0 Å². The predicted octanol–water partition coefficient (Wildman–Crippen LogP) is 5.38. The standard InChI is InChI=1S/C15H11BrClNO/c1-9-5-13(17)6-10(2)15(9)19-14-7-12(16)4-3-11(14)8-18/h3-7H,1-2H3. The van der Waals surface area contributed by atoms with Gasteiger partial charge in [0, 0.05) is 9.50 Å². The molecule has 0 radical (unpaired) electrons. The fourth-order valence-corrected chi connectivity index (χ4v) is 2.51. The maximum Gasteiger partial charge on any atom is 0.146 e. The van der Waals surface area contributed by atoms with Crippen molar-refractivity contribution in [2.75, 3.05) is 0 Å². The fraction of sp³-hybridized carbons (Fsp3) is 0.133. The van der Waals surface area contributed by atoms with Crippen molar-refractivity contribution in [1.29, 1.82) is 5.26 Å². The zero-order valence-corrected chi connectivity index (χ0v) is 12.8. The maximum atomic E-state index is 9.10. The summed E-state index contributed by atoms with van der Waals surface area (Å²) in [4.78, 5) is 0. The van der Waals surface area contributed by atoms with Crippen LogP contribution in [0.4, 0.5) is 0 Å². The van der Waals surface area contributed by atoms with Gasteiger partial charge >= 0.3 is 0 Å². The Labute approximate surface area is 125 Å². The van der Waals surface area contributed by atoms with Crippen LogP contribution in [0.5, 0.6) is 11.5 Å². The Morgan fingerprint density at radius 1 is 1.16 bits per heavy atom. The molecule has 0 unspecified atom stereocenters. The molecule has 0 aromatic heterocycles. The van der Waals surface area contributed by atoms with Gasteiger partial charge < -0.3 is 4.74 Å². The van der Waals surface area contributed by atoms with E-state index in [1.54, 1.807) is 12.1 Å². The van der Waals surface area contributed by atoms with Crippen molar-refractivity contribution in [1.82, 2.24) is 0 Å². The van der Waals surface area contributed by atoms with Gasteiger partial charge in [-0.25, -0.2) is 0 Å². The number of nitriles is 1. The number of hydrogen-bond donors (Lipinski definition) is 0. The van der Waals surface area contributed by atoms with Crippen LogP contribution >= 0.6 is 27.5 Å². The largest absolute Gasteiger partial charge is 0.455 e. The van der Waals surface area contributed by atoms with Crippen LogP contribution in [0, 0.1) is 25.2 Å². The number of halogens is 2. The van der Waals surface area contributed by atoms with Crippen LogP contribution in [0.2, 0.25) is 5.02 Å². The Kier molecular flexibility index (Phi) is 4.14. The quantitative estimate of drug-likeness (QED) is 0.737. The monoisotopic (exact) mass is 335 g/mol. The second-order valence-electron chi connectivity index (χ2n) is 4.22. The molecule has 0 saturated heterocycles. The molecule has 0 spiro atoms. The molecule has 2 nitrogen and oxygen atoms in total. The molecule has 0 saturated carbocycles. The van der Waals surface area contributed by atoms with E-state index >= 15 is 0 Å². The molecule has 2 aromatic carbocycles. The first-order chi connectivity index (χ1) is 9.01. The zero-order chi connectivity index (χ0) is 14.0. The van der Waals surface area contributed by atoms with E-state index in [-0.39, 0.29) is 0 Å². The van der Waals surface area contributed by atoms with Crippen molar-refractivity contribution in [2.45, 2.75) is 13.8 Å². The molecule has 4 heteroatoms. The van der Waals surface area contributed by atoms with Crippen molar-refractivity contribution < 1.29 is 4.74 Å². The molecule has 19 heavy (non-hydrogen) atoms. The lowest BCUT2D eigenvalue weighted by Gasteiger charge is -2.13. The lowest BCUT2D eigenvalue weighted by atomic mass is 10.1. The van der Waals surface area contributed by atoms with Crippen molar-refractivity contribution in [2.24, 2.45) is 0 Å². The van der Waals surface area contributed by atoms with E-state index < -0.39 is 0 Å². The molecule has 0 aliphatic rings. The van der Waals surface area contributed by atoms with Crippen LogP contribution in [-0.2, 0) is 0 Å². The third-order valence-corrected chi connectivity index (χ3v) is 3.41. The molecule has 2 aromatic rings. The van der Waals surface area contributed by atoms with E-state index in [2.05, 4.69) is 22.0 Å². The zero-order valence-electron chi connectivity index (χ0n) is 10.5. The molecule has 0 aliphatic heterocycles. The first-order valence-corrected chi connectivity index (χ1v) is 6.82.